The second-order valence-electron chi connectivity index (χ2n) is 13.5. The number of phenolic OH excluding ortho intramolecular Hbond substituents is 2. The van der Waals surface area contributed by atoms with Crippen LogP contribution in [0.1, 0.15) is 46.8 Å². The Balaban J connectivity index is 0.000000190. The summed E-state index contributed by atoms with van der Waals surface area (Å²) in [7, 11) is 0. The van der Waals surface area contributed by atoms with Crippen molar-refractivity contribution in [2.24, 2.45) is 9.98 Å². The number of hydrogen-bond acceptors (Lipinski definition) is 6. The number of aliphatic imine (C=N–C) groups is 2. The molecule has 0 spiro atoms. The predicted molar refractivity (Wildman–Crippen MR) is 230 cm³/mol. The lowest BCUT2D eigenvalue weighted by atomic mass is 9.98. The first-order valence-corrected chi connectivity index (χ1v) is 19.4. The van der Waals surface area contributed by atoms with Crippen LogP contribution >= 0.6 is 23.2 Å². The third-order valence-corrected chi connectivity index (χ3v) is 9.96. The van der Waals surface area contributed by atoms with Crippen molar-refractivity contribution in [3.05, 3.63) is 202 Å². The minimum absolute atomic E-state index is 0.0232. The highest BCUT2D eigenvalue weighted by Gasteiger charge is 2.27. The third-order valence-electron chi connectivity index (χ3n) is 9.37. The standard InChI is InChI=1S/C24H18ClF2NO2.C21H14ClF2NO2.C3H6/c1-2-4-16-11-17(12-18(25)23(16)29)14-7-9-15(10-8-14)21-13-30-24(28-21)22-19(26)5-3-6-20(22)27;22-15-10-14(8-9-19(15)26)12-4-6-13(7-5-12)18-11-27-21(25-18)20-16(23)2-1-3-17(20)24;1-3-2/h2-3,5-12,21,29H,1,4,13H2;1-10,18,26H,11H2;3H,1H2,2H3. The average molecular weight is 854 g/mol. The Labute approximate surface area is 355 Å². The summed E-state index contributed by atoms with van der Waals surface area (Å²) in [5.74, 6) is -2.77. The Bertz CT molecular complexity index is 2540. The Morgan fingerprint density at radius 3 is 1.47 bits per heavy atom. The SMILES string of the molecule is C=CC.C=CCc1cc(-c2ccc(C3COC(c4c(F)cccc4F)=N3)cc2)cc(Cl)c1O.Oc1ccc(-c2ccc(C3COC(c4c(F)cccc4F)=N3)cc2)cc1Cl. The summed E-state index contributed by atoms with van der Waals surface area (Å²) in [6, 6.07) is 30.3. The summed E-state index contributed by atoms with van der Waals surface area (Å²) >= 11 is 12.1. The van der Waals surface area contributed by atoms with Gasteiger partial charge in [0.2, 0.25) is 11.8 Å². The largest absolute Gasteiger partial charge is 0.506 e. The molecule has 0 amide bonds. The number of benzene rings is 6. The fourth-order valence-electron chi connectivity index (χ4n) is 6.38. The Morgan fingerprint density at radius 2 is 1.03 bits per heavy atom. The molecular formula is C48H38Cl2F4N2O4. The van der Waals surface area contributed by atoms with Crippen molar-refractivity contribution in [1.29, 1.82) is 0 Å². The molecular weight excluding hydrogens is 815 g/mol. The van der Waals surface area contributed by atoms with E-state index in [1.807, 2.05) is 61.5 Å². The highest BCUT2D eigenvalue weighted by Crippen LogP contribution is 2.36. The van der Waals surface area contributed by atoms with E-state index in [2.05, 4.69) is 23.1 Å². The summed E-state index contributed by atoms with van der Waals surface area (Å²) in [4.78, 5) is 8.70. The van der Waals surface area contributed by atoms with E-state index < -0.39 is 23.3 Å². The van der Waals surface area contributed by atoms with Crippen LogP contribution in [0, 0.1) is 23.3 Å². The van der Waals surface area contributed by atoms with E-state index in [4.69, 9.17) is 32.7 Å². The van der Waals surface area contributed by atoms with Crippen LogP contribution in [0.3, 0.4) is 0 Å². The minimum atomic E-state index is -0.704. The van der Waals surface area contributed by atoms with Crippen LogP contribution in [-0.2, 0) is 15.9 Å². The van der Waals surface area contributed by atoms with Crippen molar-refractivity contribution in [3.63, 3.8) is 0 Å². The second-order valence-corrected chi connectivity index (χ2v) is 14.3. The molecule has 2 N–H and O–H groups in total. The molecule has 0 aromatic heterocycles. The van der Waals surface area contributed by atoms with Gasteiger partial charge in [0, 0.05) is 0 Å². The van der Waals surface area contributed by atoms with Crippen LogP contribution in [-0.4, -0.2) is 35.2 Å². The normalized spacial score (nSPS) is 15.2. The maximum absolute atomic E-state index is 14.0. The zero-order valence-corrected chi connectivity index (χ0v) is 33.7. The van der Waals surface area contributed by atoms with Gasteiger partial charge in [0.15, 0.2) is 0 Å². The van der Waals surface area contributed by atoms with Crippen molar-refractivity contribution < 1.29 is 37.2 Å². The molecule has 2 aliphatic rings. The number of aromatic hydroxyl groups is 2. The maximum Gasteiger partial charge on any atom is 0.222 e. The Hall–Kier alpha value is -6.36. The molecule has 6 aromatic rings. The molecule has 12 heteroatoms. The lowest BCUT2D eigenvalue weighted by Crippen LogP contribution is -2.07. The Kier molecular flexibility index (Phi) is 14.1. The lowest BCUT2D eigenvalue weighted by molar-refractivity contribution is 0.317. The van der Waals surface area contributed by atoms with Gasteiger partial charge in [-0.2, -0.15) is 0 Å². The van der Waals surface area contributed by atoms with E-state index in [0.29, 0.717) is 12.0 Å². The molecule has 8 rings (SSSR count). The van der Waals surface area contributed by atoms with Crippen LogP contribution in [0.25, 0.3) is 22.3 Å². The minimum Gasteiger partial charge on any atom is -0.506 e. The molecule has 0 radical (unpaired) electrons. The van der Waals surface area contributed by atoms with E-state index in [1.165, 1.54) is 42.5 Å². The zero-order chi connectivity index (χ0) is 42.9. The van der Waals surface area contributed by atoms with Gasteiger partial charge in [0.25, 0.3) is 0 Å². The van der Waals surface area contributed by atoms with Gasteiger partial charge in [0.1, 0.15) is 71.2 Å². The summed E-state index contributed by atoms with van der Waals surface area (Å²) in [5.41, 5.74) is 5.50. The zero-order valence-electron chi connectivity index (χ0n) is 32.2. The molecule has 60 heavy (non-hydrogen) atoms. The molecule has 2 heterocycles. The first-order chi connectivity index (χ1) is 28.9. The van der Waals surface area contributed by atoms with Gasteiger partial charge >= 0.3 is 0 Å². The Morgan fingerprint density at radius 1 is 0.617 bits per heavy atom. The van der Waals surface area contributed by atoms with Crippen molar-refractivity contribution in [2.75, 3.05) is 13.2 Å². The quantitative estimate of drug-likeness (QED) is 0.118. The van der Waals surface area contributed by atoms with Crippen LogP contribution in [0.2, 0.25) is 10.0 Å². The van der Waals surface area contributed by atoms with Crippen molar-refractivity contribution in [1.82, 2.24) is 0 Å². The molecule has 2 aliphatic heterocycles. The molecule has 0 fully saturated rings. The van der Waals surface area contributed by atoms with Crippen molar-refractivity contribution in [2.45, 2.75) is 25.4 Å². The first-order valence-electron chi connectivity index (χ1n) is 18.6. The van der Waals surface area contributed by atoms with E-state index in [1.54, 1.807) is 30.4 Å². The maximum atomic E-state index is 14.0. The van der Waals surface area contributed by atoms with Gasteiger partial charge in [0.05, 0.1) is 10.0 Å². The van der Waals surface area contributed by atoms with Gasteiger partial charge < -0.3 is 19.7 Å². The molecule has 2 unspecified atom stereocenters. The van der Waals surface area contributed by atoms with Crippen molar-refractivity contribution >= 4 is 35.0 Å². The molecule has 306 valence electrons. The fraction of sp³-hybridized carbons (Fsp3) is 0.125. The molecule has 0 bridgehead atoms. The van der Waals surface area contributed by atoms with E-state index in [0.717, 1.165) is 33.4 Å². The van der Waals surface area contributed by atoms with Crippen LogP contribution in [0.5, 0.6) is 11.5 Å². The number of allylic oxidation sites excluding steroid dienone is 2. The van der Waals surface area contributed by atoms with Gasteiger partial charge in [-0.05, 0) is 101 Å². The highest BCUT2D eigenvalue weighted by atomic mass is 35.5. The molecule has 0 aliphatic carbocycles. The smallest absolute Gasteiger partial charge is 0.222 e. The number of halogens is 6. The van der Waals surface area contributed by atoms with Crippen LogP contribution in [0.15, 0.2) is 151 Å². The van der Waals surface area contributed by atoms with Crippen LogP contribution in [0.4, 0.5) is 17.6 Å². The third kappa shape index (κ3) is 9.90. The lowest BCUT2D eigenvalue weighted by Gasteiger charge is -2.10. The fourth-order valence-corrected chi connectivity index (χ4v) is 6.80. The molecule has 2 atom stereocenters. The van der Waals surface area contributed by atoms with Crippen LogP contribution < -0.4 is 0 Å². The summed E-state index contributed by atoms with van der Waals surface area (Å²) in [6.07, 6.45) is 3.95. The summed E-state index contributed by atoms with van der Waals surface area (Å²) < 4.78 is 66.7. The highest BCUT2D eigenvalue weighted by molar-refractivity contribution is 6.32. The molecule has 6 nitrogen and oxygen atoms in total. The molecule has 0 saturated carbocycles. The topological polar surface area (TPSA) is 83.6 Å². The van der Waals surface area contributed by atoms with Gasteiger partial charge in [-0.15, -0.1) is 13.2 Å². The predicted octanol–water partition coefficient (Wildman–Crippen LogP) is 12.9. The monoisotopic (exact) mass is 852 g/mol. The number of nitrogens with zero attached hydrogens (tertiary/aromatic N) is 2. The summed E-state index contributed by atoms with van der Waals surface area (Å²) in [6.45, 7) is 9.37. The molecule has 6 aromatic carbocycles. The first kappa shape index (κ1) is 43.2. The number of ether oxygens (including phenoxy) is 2. The van der Waals surface area contributed by atoms with E-state index >= 15 is 0 Å². The van der Waals surface area contributed by atoms with Gasteiger partial charge in [-0.25, -0.2) is 27.5 Å². The summed E-state index contributed by atoms with van der Waals surface area (Å²) in [5, 5.41) is 20.2. The number of rotatable bonds is 8. The second kappa shape index (κ2) is 19.6. The van der Waals surface area contributed by atoms with Gasteiger partial charge in [-0.1, -0.05) is 102 Å². The van der Waals surface area contributed by atoms with E-state index in [9.17, 15) is 27.8 Å². The van der Waals surface area contributed by atoms with E-state index in [-0.39, 0.29) is 69.8 Å². The number of hydrogen-bond donors (Lipinski definition) is 2. The number of phenols is 2. The molecule has 0 saturated heterocycles. The van der Waals surface area contributed by atoms with Crippen molar-refractivity contribution in [3.8, 4) is 33.8 Å². The van der Waals surface area contributed by atoms with Gasteiger partial charge in [-0.3, -0.25) is 0 Å². The average Bonchev–Trinajstić information content (AvgIpc) is 3.93.